The number of aromatic nitrogens is 2. The molecular formula is C12H20N4O. The lowest BCUT2D eigenvalue weighted by Gasteiger charge is -2.23. The first-order chi connectivity index (χ1) is 8.13. The average molecular weight is 236 g/mol. The van der Waals surface area contributed by atoms with Gasteiger partial charge in [0.15, 0.2) is 5.82 Å². The molecule has 1 aliphatic carbocycles. The molecule has 0 spiro atoms. The van der Waals surface area contributed by atoms with E-state index in [0.29, 0.717) is 17.6 Å². The van der Waals surface area contributed by atoms with Crippen molar-refractivity contribution in [3.8, 4) is 5.88 Å². The van der Waals surface area contributed by atoms with E-state index in [1.165, 1.54) is 19.2 Å². The normalized spacial score (nSPS) is 15.1. The van der Waals surface area contributed by atoms with Crippen molar-refractivity contribution in [2.75, 3.05) is 17.2 Å². The highest BCUT2D eigenvalue weighted by molar-refractivity contribution is 5.68. The molecular weight excluding hydrogens is 216 g/mol. The van der Waals surface area contributed by atoms with Crippen LogP contribution < -0.4 is 15.4 Å². The predicted octanol–water partition coefficient (Wildman–Crippen LogP) is 1.83. The first kappa shape index (κ1) is 12.0. The number of nitrogen functional groups attached to an aromatic ring is 1. The molecule has 0 amide bonds. The van der Waals surface area contributed by atoms with Gasteiger partial charge in [0.2, 0.25) is 5.88 Å². The molecule has 17 heavy (non-hydrogen) atoms. The molecule has 0 radical (unpaired) electrons. The van der Waals surface area contributed by atoms with Crippen LogP contribution in [0.25, 0.3) is 0 Å². The number of anilines is 2. The highest BCUT2D eigenvalue weighted by Crippen LogP contribution is 2.35. The van der Waals surface area contributed by atoms with E-state index in [1.807, 2.05) is 13.8 Å². The predicted molar refractivity (Wildman–Crippen MR) is 68.3 cm³/mol. The van der Waals surface area contributed by atoms with Crippen molar-refractivity contribution in [3.63, 3.8) is 0 Å². The minimum atomic E-state index is 0.0658. The van der Waals surface area contributed by atoms with E-state index in [9.17, 15) is 0 Å². The van der Waals surface area contributed by atoms with Gasteiger partial charge in [0.05, 0.1) is 6.10 Å². The SMILES string of the molecule is CCN(c1ncnc(OC(C)C)c1N)C1CC1. The van der Waals surface area contributed by atoms with E-state index in [0.717, 1.165) is 12.4 Å². The van der Waals surface area contributed by atoms with E-state index in [2.05, 4.69) is 21.8 Å². The quantitative estimate of drug-likeness (QED) is 0.845. The molecule has 94 valence electrons. The molecule has 2 rings (SSSR count). The van der Waals surface area contributed by atoms with Gasteiger partial charge in [-0.1, -0.05) is 0 Å². The molecule has 1 fully saturated rings. The van der Waals surface area contributed by atoms with Gasteiger partial charge in [0.1, 0.15) is 12.0 Å². The third kappa shape index (κ3) is 2.60. The number of hydrogen-bond donors (Lipinski definition) is 1. The molecule has 1 aromatic rings. The summed E-state index contributed by atoms with van der Waals surface area (Å²) in [5.74, 6) is 1.30. The second-order valence-corrected chi connectivity index (χ2v) is 4.60. The van der Waals surface area contributed by atoms with E-state index in [1.54, 1.807) is 0 Å². The Morgan fingerprint density at radius 2 is 2.18 bits per heavy atom. The number of hydrogen-bond acceptors (Lipinski definition) is 5. The molecule has 5 heteroatoms. The molecule has 0 unspecified atom stereocenters. The minimum Gasteiger partial charge on any atom is -0.473 e. The molecule has 1 heterocycles. The third-order valence-electron chi connectivity index (χ3n) is 2.77. The van der Waals surface area contributed by atoms with Gasteiger partial charge in [-0.3, -0.25) is 0 Å². The maximum atomic E-state index is 6.08. The van der Waals surface area contributed by atoms with Crippen molar-refractivity contribution in [2.45, 2.75) is 45.8 Å². The molecule has 2 N–H and O–H groups in total. The lowest BCUT2D eigenvalue weighted by atomic mass is 10.3. The third-order valence-corrected chi connectivity index (χ3v) is 2.77. The average Bonchev–Trinajstić information content (AvgIpc) is 3.08. The van der Waals surface area contributed by atoms with Gasteiger partial charge >= 0.3 is 0 Å². The van der Waals surface area contributed by atoms with Crippen LogP contribution in [0.15, 0.2) is 6.33 Å². The molecule has 5 nitrogen and oxygen atoms in total. The molecule has 1 saturated carbocycles. The van der Waals surface area contributed by atoms with Crippen molar-refractivity contribution in [1.29, 1.82) is 0 Å². The van der Waals surface area contributed by atoms with E-state index in [4.69, 9.17) is 10.5 Å². The molecule has 1 aliphatic rings. The van der Waals surface area contributed by atoms with E-state index >= 15 is 0 Å². The van der Waals surface area contributed by atoms with Gasteiger partial charge in [-0.05, 0) is 33.6 Å². The van der Waals surface area contributed by atoms with Gasteiger partial charge in [-0.25, -0.2) is 4.98 Å². The van der Waals surface area contributed by atoms with Crippen LogP contribution in [0.5, 0.6) is 5.88 Å². The summed E-state index contributed by atoms with van der Waals surface area (Å²) in [7, 11) is 0. The van der Waals surface area contributed by atoms with Crippen LogP contribution in [0, 0.1) is 0 Å². The Morgan fingerprint density at radius 3 is 2.71 bits per heavy atom. The van der Waals surface area contributed by atoms with Gasteiger partial charge in [0, 0.05) is 12.6 Å². The number of rotatable bonds is 5. The van der Waals surface area contributed by atoms with Gasteiger partial charge in [-0.15, -0.1) is 0 Å². The van der Waals surface area contributed by atoms with Crippen LogP contribution in [-0.4, -0.2) is 28.7 Å². The van der Waals surface area contributed by atoms with E-state index in [-0.39, 0.29) is 6.10 Å². The highest BCUT2D eigenvalue weighted by atomic mass is 16.5. The first-order valence-electron chi connectivity index (χ1n) is 6.17. The second kappa shape index (κ2) is 4.77. The number of nitrogens with zero attached hydrogens (tertiary/aromatic N) is 3. The summed E-state index contributed by atoms with van der Waals surface area (Å²) < 4.78 is 5.58. The topological polar surface area (TPSA) is 64.3 Å². The summed E-state index contributed by atoms with van der Waals surface area (Å²) in [5.41, 5.74) is 6.63. The summed E-state index contributed by atoms with van der Waals surface area (Å²) in [6.07, 6.45) is 4.03. The van der Waals surface area contributed by atoms with Crippen LogP contribution in [-0.2, 0) is 0 Å². The largest absolute Gasteiger partial charge is 0.473 e. The minimum absolute atomic E-state index is 0.0658. The molecule has 1 aromatic heterocycles. The molecule has 0 saturated heterocycles. The zero-order chi connectivity index (χ0) is 12.4. The first-order valence-corrected chi connectivity index (χ1v) is 6.17. The monoisotopic (exact) mass is 236 g/mol. The fourth-order valence-electron chi connectivity index (χ4n) is 1.88. The van der Waals surface area contributed by atoms with Crippen LogP contribution in [0.3, 0.4) is 0 Å². The van der Waals surface area contributed by atoms with Crippen LogP contribution >= 0.6 is 0 Å². The smallest absolute Gasteiger partial charge is 0.242 e. The summed E-state index contributed by atoms with van der Waals surface area (Å²) in [6, 6.07) is 0.587. The maximum Gasteiger partial charge on any atom is 0.242 e. The lowest BCUT2D eigenvalue weighted by molar-refractivity contribution is 0.234. The highest BCUT2D eigenvalue weighted by Gasteiger charge is 2.30. The summed E-state index contributed by atoms with van der Waals surface area (Å²) in [5, 5.41) is 0. The lowest BCUT2D eigenvalue weighted by Crippen LogP contribution is -2.27. The number of nitrogens with two attached hydrogens (primary N) is 1. The number of ether oxygens (including phenoxy) is 1. The Balaban J connectivity index is 2.27. The van der Waals surface area contributed by atoms with Crippen molar-refractivity contribution >= 4 is 11.5 Å². The molecule has 0 atom stereocenters. The molecule has 0 bridgehead atoms. The van der Waals surface area contributed by atoms with Crippen LogP contribution in [0.2, 0.25) is 0 Å². The van der Waals surface area contributed by atoms with Gasteiger partial charge in [0.25, 0.3) is 0 Å². The Labute approximate surface area is 102 Å². The fraction of sp³-hybridized carbons (Fsp3) is 0.667. The zero-order valence-electron chi connectivity index (χ0n) is 10.7. The van der Waals surface area contributed by atoms with Crippen molar-refractivity contribution in [2.24, 2.45) is 0 Å². The fourth-order valence-corrected chi connectivity index (χ4v) is 1.88. The Morgan fingerprint density at radius 1 is 1.47 bits per heavy atom. The Bertz CT molecular complexity index is 390. The van der Waals surface area contributed by atoms with E-state index < -0.39 is 0 Å². The standard InChI is InChI=1S/C12H20N4O/c1-4-16(9-5-6-9)11-10(13)12(15-7-14-11)17-8(2)3/h7-9H,4-6,13H2,1-3H3. The van der Waals surface area contributed by atoms with Crippen molar-refractivity contribution in [1.82, 2.24) is 9.97 Å². The van der Waals surface area contributed by atoms with Crippen molar-refractivity contribution in [3.05, 3.63) is 6.33 Å². The summed E-state index contributed by atoms with van der Waals surface area (Å²) in [4.78, 5) is 10.6. The second-order valence-electron chi connectivity index (χ2n) is 4.60. The van der Waals surface area contributed by atoms with Crippen LogP contribution in [0.4, 0.5) is 11.5 Å². The summed E-state index contributed by atoms with van der Waals surface area (Å²) in [6.45, 7) is 6.94. The zero-order valence-corrected chi connectivity index (χ0v) is 10.7. The van der Waals surface area contributed by atoms with Gasteiger partial charge in [-0.2, -0.15) is 4.98 Å². The maximum absolute atomic E-state index is 6.08. The van der Waals surface area contributed by atoms with Crippen molar-refractivity contribution < 1.29 is 4.74 Å². The van der Waals surface area contributed by atoms with Gasteiger partial charge < -0.3 is 15.4 Å². The molecule has 0 aliphatic heterocycles. The van der Waals surface area contributed by atoms with Crippen LogP contribution in [0.1, 0.15) is 33.6 Å². The summed E-state index contributed by atoms with van der Waals surface area (Å²) >= 11 is 0. The Kier molecular flexibility index (Phi) is 3.36. The molecule has 0 aromatic carbocycles. The Hall–Kier alpha value is -1.52.